The summed E-state index contributed by atoms with van der Waals surface area (Å²) in [6, 6.07) is 0. The third-order valence-corrected chi connectivity index (χ3v) is 1.39. The molecule has 0 aromatic heterocycles. The maximum atomic E-state index is 4.15. The van der Waals surface area contributed by atoms with E-state index in [0.717, 1.165) is 6.54 Å². The predicted octanol–water partition coefficient (Wildman–Crippen LogP) is 1.82. The average Bonchev–Trinajstić information content (AvgIpc) is 1.88. The molecular weight excluding hydrogens is 110 g/mol. The largest absolute Gasteiger partial charge is 0.292 e. The Morgan fingerprint density at radius 2 is 2.67 bits per heavy atom. The van der Waals surface area contributed by atoms with Crippen LogP contribution >= 0.6 is 0 Å². The van der Waals surface area contributed by atoms with E-state index in [1.165, 1.54) is 5.57 Å². The number of hydrogen-bond acceptors (Lipinski definition) is 1. The first-order valence-electron chi connectivity index (χ1n) is 3.13. The van der Waals surface area contributed by atoms with Gasteiger partial charge in [-0.3, -0.25) is 4.99 Å². The fourth-order valence-electron chi connectivity index (χ4n) is 0.894. The molecule has 0 bridgehead atoms. The fourth-order valence-corrected chi connectivity index (χ4v) is 0.894. The second-order valence-corrected chi connectivity index (χ2v) is 2.30. The first-order chi connectivity index (χ1) is 4.33. The summed E-state index contributed by atoms with van der Waals surface area (Å²) in [6.45, 7) is 6.63. The van der Waals surface area contributed by atoms with E-state index < -0.39 is 0 Å². The van der Waals surface area contributed by atoms with Gasteiger partial charge in [-0.2, -0.15) is 0 Å². The van der Waals surface area contributed by atoms with Gasteiger partial charge in [-0.25, -0.2) is 0 Å². The lowest BCUT2D eigenvalue weighted by Crippen LogP contribution is -2.03. The van der Waals surface area contributed by atoms with E-state index in [0.29, 0.717) is 5.92 Å². The second-order valence-electron chi connectivity index (χ2n) is 2.30. The molecule has 0 saturated heterocycles. The van der Waals surface area contributed by atoms with Crippen molar-refractivity contribution >= 4 is 6.21 Å². The monoisotopic (exact) mass is 121 g/mol. The summed E-state index contributed by atoms with van der Waals surface area (Å²) in [5.74, 6) is 0.468. The molecule has 9 heavy (non-hydrogen) atoms. The van der Waals surface area contributed by atoms with Crippen LogP contribution in [0, 0.1) is 5.92 Å². The van der Waals surface area contributed by atoms with Gasteiger partial charge in [-0.05, 0) is 12.5 Å². The summed E-state index contributed by atoms with van der Waals surface area (Å²) in [5.41, 5.74) is 1.24. The highest BCUT2D eigenvalue weighted by Gasteiger charge is 2.01. The van der Waals surface area contributed by atoms with Gasteiger partial charge in [-0.15, -0.1) is 6.58 Å². The van der Waals surface area contributed by atoms with Crippen molar-refractivity contribution in [2.45, 2.75) is 6.92 Å². The Morgan fingerprint density at radius 3 is 3.11 bits per heavy atom. The van der Waals surface area contributed by atoms with Gasteiger partial charge in [0.1, 0.15) is 0 Å². The fraction of sp³-hybridized carbons (Fsp3) is 0.375. The summed E-state index contributed by atoms with van der Waals surface area (Å²) < 4.78 is 0. The third kappa shape index (κ3) is 1.53. The molecule has 1 unspecified atom stereocenters. The van der Waals surface area contributed by atoms with Crippen LogP contribution in [-0.4, -0.2) is 12.8 Å². The summed E-state index contributed by atoms with van der Waals surface area (Å²) >= 11 is 0. The number of nitrogens with zero attached hydrogens (tertiary/aromatic N) is 1. The highest BCUT2D eigenvalue weighted by atomic mass is 14.7. The highest BCUT2D eigenvalue weighted by Crippen LogP contribution is 2.08. The zero-order chi connectivity index (χ0) is 6.69. The Balaban J connectivity index is 2.65. The van der Waals surface area contributed by atoms with Crippen LogP contribution in [0.25, 0.3) is 0 Å². The van der Waals surface area contributed by atoms with E-state index in [-0.39, 0.29) is 0 Å². The van der Waals surface area contributed by atoms with Crippen LogP contribution in [0.3, 0.4) is 0 Å². The second kappa shape index (κ2) is 2.62. The molecule has 1 heteroatoms. The van der Waals surface area contributed by atoms with Gasteiger partial charge in [0.2, 0.25) is 0 Å². The Bertz CT molecular complexity index is 165. The van der Waals surface area contributed by atoms with Gasteiger partial charge < -0.3 is 0 Å². The number of dihydropyridines is 1. The molecule has 1 aliphatic heterocycles. The van der Waals surface area contributed by atoms with Crippen molar-refractivity contribution in [3.8, 4) is 0 Å². The van der Waals surface area contributed by atoms with E-state index in [2.05, 4.69) is 24.6 Å². The van der Waals surface area contributed by atoms with Crippen molar-refractivity contribution < 1.29 is 0 Å². The molecule has 48 valence electrons. The Labute approximate surface area is 55.8 Å². The molecule has 0 spiro atoms. The molecule has 0 aliphatic carbocycles. The van der Waals surface area contributed by atoms with E-state index in [4.69, 9.17) is 0 Å². The lowest BCUT2D eigenvalue weighted by Gasteiger charge is -2.08. The zero-order valence-electron chi connectivity index (χ0n) is 5.67. The van der Waals surface area contributed by atoms with Crippen molar-refractivity contribution in [2.75, 3.05) is 6.54 Å². The maximum Gasteiger partial charge on any atom is 0.0486 e. The molecule has 0 aromatic rings. The molecule has 0 fully saturated rings. The van der Waals surface area contributed by atoms with Crippen LogP contribution in [0.1, 0.15) is 6.92 Å². The van der Waals surface area contributed by atoms with E-state index in [1.54, 1.807) is 0 Å². The summed E-state index contributed by atoms with van der Waals surface area (Å²) in [7, 11) is 0. The molecule has 1 atom stereocenters. The topological polar surface area (TPSA) is 12.4 Å². The van der Waals surface area contributed by atoms with E-state index >= 15 is 0 Å². The number of allylic oxidation sites excluding steroid dienone is 1. The normalized spacial score (nSPS) is 25.4. The minimum Gasteiger partial charge on any atom is -0.292 e. The first-order valence-corrected chi connectivity index (χ1v) is 3.13. The summed E-state index contributed by atoms with van der Waals surface area (Å²) in [5, 5.41) is 0. The van der Waals surface area contributed by atoms with Crippen molar-refractivity contribution in [1.82, 2.24) is 0 Å². The number of rotatable bonds is 1. The van der Waals surface area contributed by atoms with Gasteiger partial charge in [0.25, 0.3) is 0 Å². The Morgan fingerprint density at radius 1 is 1.89 bits per heavy atom. The van der Waals surface area contributed by atoms with Crippen molar-refractivity contribution in [3.05, 3.63) is 24.3 Å². The molecule has 0 aromatic carbocycles. The lowest BCUT2D eigenvalue weighted by atomic mass is 10.1. The Kier molecular flexibility index (Phi) is 1.83. The molecular formula is C8H11N. The molecule has 1 heterocycles. The van der Waals surface area contributed by atoms with Gasteiger partial charge in [0.05, 0.1) is 0 Å². The maximum absolute atomic E-state index is 4.15. The third-order valence-electron chi connectivity index (χ3n) is 1.39. The summed E-state index contributed by atoms with van der Waals surface area (Å²) in [4.78, 5) is 4.15. The van der Waals surface area contributed by atoms with E-state index in [1.807, 2.05) is 12.3 Å². The quantitative estimate of drug-likeness (QED) is 0.469. The molecule has 1 aliphatic rings. The summed E-state index contributed by atoms with van der Waals surface area (Å²) in [6.07, 6.45) is 6.01. The Hall–Kier alpha value is -0.850. The lowest BCUT2D eigenvalue weighted by molar-refractivity contribution is 0.810. The SMILES string of the molecule is C=CC1C=C(C)C=NC1. The minimum atomic E-state index is 0.468. The van der Waals surface area contributed by atoms with Gasteiger partial charge in [0.15, 0.2) is 0 Å². The van der Waals surface area contributed by atoms with Crippen LogP contribution in [0.4, 0.5) is 0 Å². The molecule has 0 amide bonds. The van der Waals surface area contributed by atoms with Crippen molar-refractivity contribution in [2.24, 2.45) is 10.9 Å². The smallest absolute Gasteiger partial charge is 0.0486 e. The van der Waals surface area contributed by atoms with Crippen molar-refractivity contribution in [3.63, 3.8) is 0 Å². The van der Waals surface area contributed by atoms with Crippen LogP contribution in [-0.2, 0) is 0 Å². The van der Waals surface area contributed by atoms with Gasteiger partial charge >= 0.3 is 0 Å². The predicted molar refractivity (Wildman–Crippen MR) is 40.8 cm³/mol. The average molecular weight is 121 g/mol. The highest BCUT2D eigenvalue weighted by molar-refractivity contribution is 5.78. The zero-order valence-corrected chi connectivity index (χ0v) is 5.67. The van der Waals surface area contributed by atoms with Crippen molar-refractivity contribution in [1.29, 1.82) is 0 Å². The minimum absolute atomic E-state index is 0.468. The first kappa shape index (κ1) is 6.27. The standard InChI is InChI=1S/C8H11N/c1-3-8-4-7(2)5-9-6-8/h3-5,8H,1,6H2,2H3. The van der Waals surface area contributed by atoms with Crippen LogP contribution in [0.15, 0.2) is 29.3 Å². The van der Waals surface area contributed by atoms with Crippen LogP contribution in [0.5, 0.6) is 0 Å². The number of aliphatic imine (C=N–C) groups is 1. The molecule has 1 nitrogen and oxygen atoms in total. The molecule has 1 rings (SSSR count). The molecule has 0 radical (unpaired) electrons. The molecule has 0 saturated carbocycles. The van der Waals surface area contributed by atoms with Crippen LogP contribution < -0.4 is 0 Å². The van der Waals surface area contributed by atoms with Gasteiger partial charge in [-0.1, -0.05) is 12.2 Å². The number of hydrogen-bond donors (Lipinski definition) is 0. The van der Waals surface area contributed by atoms with Gasteiger partial charge in [0, 0.05) is 18.7 Å². The van der Waals surface area contributed by atoms with E-state index in [9.17, 15) is 0 Å². The molecule has 0 N–H and O–H groups in total. The van der Waals surface area contributed by atoms with Crippen LogP contribution in [0.2, 0.25) is 0 Å².